The van der Waals surface area contributed by atoms with Crippen LogP contribution < -0.4 is 0 Å². The first kappa shape index (κ1) is 70.8. The zero-order chi connectivity index (χ0) is 55.1. The van der Waals surface area contributed by atoms with E-state index in [1.165, 1.54) is 205 Å². The van der Waals surface area contributed by atoms with Crippen LogP contribution in [0.2, 0.25) is 0 Å². The Bertz CT molecular complexity index is 1310. The third-order valence-electron chi connectivity index (χ3n) is 15.5. The molecule has 0 saturated carbocycles. The molecule has 450 valence electrons. The molecule has 0 aromatic carbocycles. The van der Waals surface area contributed by atoms with Crippen LogP contribution in [0, 0.1) is 0 Å². The Morgan fingerprint density at radius 3 is 1.20 bits per heavy atom. The number of unbranched alkanes of at least 4 members (excludes halogenated alkanes) is 37. The standard InChI is InChI=1S/C62H118O14/c1-3-5-7-9-11-13-15-17-19-21-23-24-25-26-27-28-30-32-34-36-38-40-42-44-46-71-48-51(74-54(64)45-43-41-39-37-35-33-31-29-22-20-18-16-14-12-10-8-6-4-2)49-72-61-60(70)58(68)56(66)53(76-61)50-73-62-59(69)57(67)55(65)52(47-63)75-62/h20,22,51-53,55-63,65-70H,3-19,21,23-50H2,1-2H3/b22-20-. The number of aliphatic hydroxyl groups is 7. The molecule has 2 aliphatic rings. The van der Waals surface area contributed by atoms with Crippen molar-refractivity contribution in [1.82, 2.24) is 0 Å². The highest BCUT2D eigenvalue weighted by atomic mass is 16.7. The summed E-state index contributed by atoms with van der Waals surface area (Å²) in [5.41, 5.74) is 0. The summed E-state index contributed by atoms with van der Waals surface area (Å²) in [5.74, 6) is -0.373. The van der Waals surface area contributed by atoms with Gasteiger partial charge in [-0.1, -0.05) is 244 Å². The number of rotatable bonds is 53. The maximum atomic E-state index is 13.1. The number of ether oxygens (including phenoxy) is 6. The Morgan fingerprint density at radius 2 is 0.776 bits per heavy atom. The number of aliphatic hydroxyl groups excluding tert-OH is 7. The van der Waals surface area contributed by atoms with Crippen molar-refractivity contribution in [3.63, 3.8) is 0 Å². The lowest BCUT2D eigenvalue weighted by Gasteiger charge is -2.42. The number of hydrogen-bond acceptors (Lipinski definition) is 14. The second kappa shape index (κ2) is 49.5. The van der Waals surface area contributed by atoms with Crippen LogP contribution in [-0.4, -0.2) is 142 Å². The zero-order valence-corrected chi connectivity index (χ0v) is 48.5. The molecular weight excluding hydrogens is 969 g/mol. The predicted molar refractivity (Wildman–Crippen MR) is 303 cm³/mol. The van der Waals surface area contributed by atoms with E-state index >= 15 is 0 Å². The maximum Gasteiger partial charge on any atom is 0.306 e. The van der Waals surface area contributed by atoms with Crippen LogP contribution in [0.5, 0.6) is 0 Å². The van der Waals surface area contributed by atoms with Crippen molar-refractivity contribution in [3.05, 3.63) is 12.2 Å². The average molecular weight is 1090 g/mol. The zero-order valence-electron chi connectivity index (χ0n) is 48.5. The predicted octanol–water partition coefficient (Wildman–Crippen LogP) is 12.1. The molecule has 0 spiro atoms. The molecule has 0 aromatic rings. The van der Waals surface area contributed by atoms with E-state index in [0.717, 1.165) is 44.9 Å². The van der Waals surface area contributed by atoms with Crippen LogP contribution in [0.3, 0.4) is 0 Å². The smallest absolute Gasteiger partial charge is 0.306 e. The minimum absolute atomic E-state index is 0.0665. The third kappa shape index (κ3) is 35.5. The molecule has 0 aromatic heterocycles. The number of hydrogen-bond donors (Lipinski definition) is 7. The molecule has 0 amide bonds. The van der Waals surface area contributed by atoms with Gasteiger partial charge in [-0.15, -0.1) is 0 Å². The molecule has 2 heterocycles. The number of allylic oxidation sites excluding steroid dienone is 2. The fourth-order valence-electron chi connectivity index (χ4n) is 10.4. The molecule has 0 aliphatic carbocycles. The fraction of sp³-hybridized carbons (Fsp3) is 0.952. The first-order chi connectivity index (χ1) is 37.1. The van der Waals surface area contributed by atoms with Gasteiger partial charge in [-0.3, -0.25) is 4.79 Å². The van der Waals surface area contributed by atoms with E-state index in [0.29, 0.717) is 13.0 Å². The van der Waals surface area contributed by atoms with Gasteiger partial charge >= 0.3 is 5.97 Å². The normalized spacial score (nSPS) is 24.4. The van der Waals surface area contributed by atoms with Gasteiger partial charge in [0.25, 0.3) is 0 Å². The summed E-state index contributed by atoms with van der Waals surface area (Å²) in [6.45, 7) is 3.75. The van der Waals surface area contributed by atoms with Gasteiger partial charge in [0.2, 0.25) is 0 Å². The summed E-state index contributed by atoms with van der Waals surface area (Å²) in [6, 6.07) is 0. The van der Waals surface area contributed by atoms with Gasteiger partial charge < -0.3 is 64.2 Å². The summed E-state index contributed by atoms with van der Waals surface area (Å²) >= 11 is 0. The van der Waals surface area contributed by atoms with Crippen molar-refractivity contribution in [1.29, 1.82) is 0 Å². The molecule has 2 fully saturated rings. The van der Waals surface area contributed by atoms with Gasteiger partial charge in [0.15, 0.2) is 12.6 Å². The van der Waals surface area contributed by atoms with Crippen LogP contribution in [0.1, 0.15) is 277 Å². The summed E-state index contributed by atoms with van der Waals surface area (Å²) in [6.07, 6.45) is 39.9. The second-order valence-corrected chi connectivity index (χ2v) is 22.6. The molecule has 11 atom stereocenters. The van der Waals surface area contributed by atoms with E-state index in [4.69, 9.17) is 28.4 Å². The molecule has 2 saturated heterocycles. The van der Waals surface area contributed by atoms with Crippen molar-refractivity contribution < 1.29 is 69.0 Å². The minimum atomic E-state index is -1.70. The molecule has 0 radical (unpaired) electrons. The molecule has 2 aliphatic heterocycles. The van der Waals surface area contributed by atoms with Gasteiger partial charge in [-0.25, -0.2) is 0 Å². The van der Waals surface area contributed by atoms with Crippen molar-refractivity contribution >= 4 is 5.97 Å². The van der Waals surface area contributed by atoms with Crippen LogP contribution >= 0.6 is 0 Å². The molecule has 7 N–H and O–H groups in total. The summed E-state index contributed by atoms with van der Waals surface area (Å²) in [5, 5.41) is 72.4. The largest absolute Gasteiger partial charge is 0.457 e. The Labute approximate surface area is 463 Å². The van der Waals surface area contributed by atoms with Crippen molar-refractivity contribution in [2.45, 2.75) is 345 Å². The first-order valence-electron chi connectivity index (χ1n) is 31.8. The molecule has 11 unspecified atom stereocenters. The third-order valence-corrected chi connectivity index (χ3v) is 15.5. The van der Waals surface area contributed by atoms with Crippen LogP contribution in [0.4, 0.5) is 0 Å². The van der Waals surface area contributed by atoms with E-state index < -0.39 is 80.7 Å². The molecule has 0 bridgehead atoms. The summed E-state index contributed by atoms with van der Waals surface area (Å²) in [4.78, 5) is 13.1. The van der Waals surface area contributed by atoms with Gasteiger partial charge in [0.05, 0.1) is 26.4 Å². The molecule has 2 rings (SSSR count). The lowest BCUT2D eigenvalue weighted by Crippen LogP contribution is -2.61. The minimum Gasteiger partial charge on any atom is -0.457 e. The number of carbonyl (C=O) groups is 1. The van der Waals surface area contributed by atoms with Crippen molar-refractivity contribution in [3.8, 4) is 0 Å². The summed E-state index contributed by atoms with van der Waals surface area (Å²) in [7, 11) is 0. The molecular formula is C62H118O14. The van der Waals surface area contributed by atoms with E-state index in [1.54, 1.807) is 0 Å². The van der Waals surface area contributed by atoms with E-state index in [9.17, 15) is 40.5 Å². The SMILES string of the molecule is CCCCCCCCC/C=C\CCCCCCCCCC(=O)OC(COCCCCCCCCCCCCCCCCCCCCCCCCCC)COC1OC(COC2OC(CO)C(O)C(O)C2O)C(O)C(O)C1O. The molecule has 14 nitrogen and oxygen atoms in total. The van der Waals surface area contributed by atoms with Crippen molar-refractivity contribution in [2.75, 3.05) is 33.0 Å². The summed E-state index contributed by atoms with van der Waals surface area (Å²) < 4.78 is 34.5. The lowest BCUT2D eigenvalue weighted by atomic mass is 9.98. The van der Waals surface area contributed by atoms with E-state index in [2.05, 4.69) is 26.0 Å². The molecule has 76 heavy (non-hydrogen) atoms. The number of carbonyl (C=O) groups excluding carboxylic acids is 1. The Kier molecular flexibility index (Phi) is 46.2. The highest BCUT2D eigenvalue weighted by molar-refractivity contribution is 5.69. The average Bonchev–Trinajstić information content (AvgIpc) is 3.42. The first-order valence-corrected chi connectivity index (χ1v) is 31.8. The quantitative estimate of drug-likeness (QED) is 0.0172. The van der Waals surface area contributed by atoms with Gasteiger partial charge in [0, 0.05) is 13.0 Å². The fourth-order valence-corrected chi connectivity index (χ4v) is 10.4. The van der Waals surface area contributed by atoms with Gasteiger partial charge in [0.1, 0.15) is 54.9 Å². The van der Waals surface area contributed by atoms with Crippen molar-refractivity contribution in [2.24, 2.45) is 0 Å². The van der Waals surface area contributed by atoms with Gasteiger partial charge in [-0.05, 0) is 38.5 Å². The monoisotopic (exact) mass is 1090 g/mol. The lowest BCUT2D eigenvalue weighted by molar-refractivity contribution is -0.332. The Hall–Kier alpha value is -1.27. The topological polar surface area (TPSA) is 214 Å². The maximum absolute atomic E-state index is 13.1. The Balaban J connectivity index is 1.66. The van der Waals surface area contributed by atoms with Crippen LogP contribution in [0.15, 0.2) is 12.2 Å². The Morgan fingerprint density at radius 1 is 0.421 bits per heavy atom. The van der Waals surface area contributed by atoms with E-state index in [-0.39, 0.29) is 25.6 Å². The van der Waals surface area contributed by atoms with Crippen LogP contribution in [-0.2, 0) is 33.2 Å². The highest BCUT2D eigenvalue weighted by Crippen LogP contribution is 2.27. The highest BCUT2D eigenvalue weighted by Gasteiger charge is 2.47. The number of esters is 1. The molecule has 14 heteroatoms. The van der Waals surface area contributed by atoms with Gasteiger partial charge in [-0.2, -0.15) is 0 Å². The van der Waals surface area contributed by atoms with E-state index in [1.807, 2.05) is 0 Å². The van der Waals surface area contributed by atoms with Crippen LogP contribution in [0.25, 0.3) is 0 Å². The second-order valence-electron chi connectivity index (χ2n) is 22.6.